The van der Waals surface area contributed by atoms with Crippen LogP contribution in [-0.2, 0) is 17.6 Å². The number of anilines is 1. The third-order valence-corrected chi connectivity index (χ3v) is 5.26. The molecule has 32 heavy (non-hydrogen) atoms. The van der Waals surface area contributed by atoms with Crippen molar-refractivity contribution in [1.82, 2.24) is 20.3 Å². The first-order valence-electron chi connectivity index (χ1n) is 10.8. The Morgan fingerprint density at radius 2 is 1.88 bits per heavy atom. The van der Waals surface area contributed by atoms with Crippen LogP contribution in [0.5, 0.6) is 0 Å². The van der Waals surface area contributed by atoms with Gasteiger partial charge in [-0.1, -0.05) is 30.3 Å². The van der Waals surface area contributed by atoms with Gasteiger partial charge in [-0.3, -0.25) is 9.78 Å². The molecule has 2 aromatic carbocycles. The van der Waals surface area contributed by atoms with Crippen molar-refractivity contribution in [2.45, 2.75) is 25.4 Å². The highest BCUT2D eigenvalue weighted by Crippen LogP contribution is 2.14. The van der Waals surface area contributed by atoms with Crippen LogP contribution >= 0.6 is 0 Å². The maximum Gasteiger partial charge on any atom is 0.224 e. The number of aryl methyl sites for hydroxylation is 1. The Hall–Kier alpha value is -3.55. The first-order chi connectivity index (χ1) is 15.7. The maximum absolute atomic E-state index is 12.3. The number of hydrogen-bond acceptors (Lipinski definition) is 5. The average molecular weight is 430 g/mol. The maximum atomic E-state index is 12.3. The van der Waals surface area contributed by atoms with E-state index in [2.05, 4.69) is 25.6 Å². The molecule has 0 aliphatic rings. The molecule has 0 spiro atoms. The fourth-order valence-corrected chi connectivity index (χ4v) is 3.50. The molecule has 0 saturated heterocycles. The molecule has 0 aliphatic carbocycles. The highest BCUT2D eigenvalue weighted by molar-refractivity contribution is 5.90. The first kappa shape index (κ1) is 21.7. The molecule has 0 fully saturated rings. The van der Waals surface area contributed by atoms with E-state index < -0.39 is 6.10 Å². The van der Waals surface area contributed by atoms with E-state index in [1.807, 2.05) is 60.7 Å². The normalized spacial score (nSPS) is 12.0. The molecule has 1 atom stereocenters. The van der Waals surface area contributed by atoms with Crippen molar-refractivity contribution in [3.8, 4) is 0 Å². The molecule has 0 bridgehead atoms. The molecule has 0 saturated carbocycles. The lowest BCUT2D eigenvalue weighted by Crippen LogP contribution is -2.23. The van der Waals surface area contributed by atoms with Crippen molar-refractivity contribution in [2.75, 3.05) is 18.4 Å². The van der Waals surface area contributed by atoms with Crippen LogP contribution in [-0.4, -0.2) is 39.1 Å². The van der Waals surface area contributed by atoms with Crippen molar-refractivity contribution >= 4 is 22.6 Å². The number of imidazole rings is 1. The zero-order valence-electron chi connectivity index (χ0n) is 17.8. The minimum Gasteiger partial charge on any atom is -0.387 e. The van der Waals surface area contributed by atoms with Gasteiger partial charge < -0.3 is 20.7 Å². The topological polar surface area (TPSA) is 103 Å². The first-order valence-corrected chi connectivity index (χ1v) is 10.8. The zero-order chi connectivity index (χ0) is 22.2. The van der Waals surface area contributed by atoms with Gasteiger partial charge in [0.2, 0.25) is 5.91 Å². The van der Waals surface area contributed by atoms with Gasteiger partial charge in [0.15, 0.2) is 0 Å². The van der Waals surface area contributed by atoms with Crippen LogP contribution in [0.25, 0.3) is 11.0 Å². The number of H-pyrrole nitrogens is 1. The van der Waals surface area contributed by atoms with Crippen LogP contribution in [0.4, 0.5) is 5.69 Å². The number of para-hydroxylation sites is 2. The van der Waals surface area contributed by atoms with Crippen molar-refractivity contribution in [1.29, 1.82) is 0 Å². The average Bonchev–Trinajstić information content (AvgIpc) is 3.25. The summed E-state index contributed by atoms with van der Waals surface area (Å²) in [5, 5.41) is 16.3. The Bertz CT molecular complexity index is 1110. The number of nitrogens with one attached hydrogen (secondary N) is 3. The third-order valence-electron chi connectivity index (χ3n) is 5.26. The monoisotopic (exact) mass is 429 g/mol. The lowest BCUT2D eigenvalue weighted by molar-refractivity contribution is -0.116. The number of fused-ring (bicyclic) bond motifs is 1. The Balaban J connectivity index is 1.17. The summed E-state index contributed by atoms with van der Waals surface area (Å²) in [5.74, 6) is 0.780. The summed E-state index contributed by atoms with van der Waals surface area (Å²) in [4.78, 5) is 24.1. The Morgan fingerprint density at radius 1 is 1.03 bits per heavy atom. The summed E-state index contributed by atoms with van der Waals surface area (Å²) < 4.78 is 0. The van der Waals surface area contributed by atoms with E-state index in [4.69, 9.17) is 0 Å². The molecule has 1 amide bonds. The molecular formula is C25H27N5O2. The van der Waals surface area contributed by atoms with Crippen molar-refractivity contribution < 1.29 is 9.90 Å². The molecule has 0 unspecified atom stereocenters. The number of hydrogen-bond donors (Lipinski definition) is 4. The predicted octanol–water partition coefficient (Wildman–Crippen LogP) is 3.39. The molecule has 7 heteroatoms. The summed E-state index contributed by atoms with van der Waals surface area (Å²) in [6.45, 7) is 1.23. The minimum absolute atomic E-state index is 0.0377. The summed E-state index contributed by atoms with van der Waals surface area (Å²) in [6, 6.07) is 19.4. The quantitative estimate of drug-likeness (QED) is 0.289. The van der Waals surface area contributed by atoms with Gasteiger partial charge in [0.25, 0.3) is 0 Å². The lowest BCUT2D eigenvalue weighted by Gasteiger charge is -2.12. The van der Waals surface area contributed by atoms with Crippen LogP contribution in [0.1, 0.15) is 29.5 Å². The SMILES string of the molecule is O=C(CCc1nc2ccccc2[nH]1)Nc1ccc(CCNC[C@H](O)c2cccnc2)cc1. The molecule has 4 N–H and O–H groups in total. The minimum atomic E-state index is -0.569. The smallest absolute Gasteiger partial charge is 0.224 e. The van der Waals surface area contributed by atoms with Crippen LogP contribution in [0.3, 0.4) is 0 Å². The summed E-state index contributed by atoms with van der Waals surface area (Å²) in [7, 11) is 0. The molecule has 4 rings (SSSR count). The van der Waals surface area contributed by atoms with E-state index in [1.54, 1.807) is 12.4 Å². The van der Waals surface area contributed by atoms with E-state index in [1.165, 1.54) is 0 Å². The van der Waals surface area contributed by atoms with E-state index in [0.29, 0.717) is 19.4 Å². The summed E-state index contributed by atoms with van der Waals surface area (Å²) in [5.41, 5.74) is 4.65. The molecule has 2 heterocycles. The zero-order valence-corrected chi connectivity index (χ0v) is 17.8. The number of aromatic nitrogens is 3. The molecule has 0 aliphatic heterocycles. The standard InChI is InChI=1S/C25H27N5O2/c31-23(19-4-3-14-26-16-19)17-27-15-13-18-7-9-20(10-8-18)28-25(32)12-11-24-29-21-5-1-2-6-22(21)30-24/h1-10,14,16,23,27,31H,11-13,15,17H2,(H,28,32)(H,29,30)/t23-/m0/s1. The number of benzene rings is 2. The van der Waals surface area contributed by atoms with E-state index >= 15 is 0 Å². The number of amides is 1. The van der Waals surface area contributed by atoms with Gasteiger partial charge in [0.1, 0.15) is 5.82 Å². The van der Waals surface area contributed by atoms with Gasteiger partial charge in [0.05, 0.1) is 17.1 Å². The van der Waals surface area contributed by atoms with Crippen molar-refractivity contribution in [3.05, 3.63) is 90.0 Å². The Morgan fingerprint density at radius 3 is 2.66 bits per heavy atom. The van der Waals surface area contributed by atoms with Gasteiger partial charge in [-0.05, 0) is 48.9 Å². The molecule has 4 aromatic rings. The van der Waals surface area contributed by atoms with Gasteiger partial charge in [-0.25, -0.2) is 4.98 Å². The number of aliphatic hydroxyl groups excluding tert-OH is 1. The number of pyridine rings is 1. The second kappa shape index (κ2) is 10.7. The molecule has 7 nitrogen and oxygen atoms in total. The second-order valence-electron chi connectivity index (χ2n) is 7.70. The highest BCUT2D eigenvalue weighted by Gasteiger charge is 2.08. The van der Waals surface area contributed by atoms with Crippen molar-refractivity contribution in [3.63, 3.8) is 0 Å². The Labute approximate surface area is 186 Å². The predicted molar refractivity (Wildman–Crippen MR) is 125 cm³/mol. The molecule has 2 aromatic heterocycles. The van der Waals surface area contributed by atoms with Crippen LogP contribution in [0.15, 0.2) is 73.1 Å². The summed E-state index contributed by atoms with van der Waals surface area (Å²) >= 11 is 0. The van der Waals surface area contributed by atoms with E-state index in [-0.39, 0.29) is 5.91 Å². The number of nitrogens with zero attached hydrogens (tertiary/aromatic N) is 2. The molecule has 0 radical (unpaired) electrons. The van der Waals surface area contributed by atoms with Gasteiger partial charge >= 0.3 is 0 Å². The van der Waals surface area contributed by atoms with E-state index in [0.717, 1.165) is 46.6 Å². The van der Waals surface area contributed by atoms with Gasteiger partial charge in [-0.15, -0.1) is 0 Å². The largest absolute Gasteiger partial charge is 0.387 e. The lowest BCUT2D eigenvalue weighted by atomic mass is 10.1. The molecular weight excluding hydrogens is 402 g/mol. The fraction of sp³-hybridized carbons (Fsp3) is 0.240. The van der Waals surface area contributed by atoms with E-state index in [9.17, 15) is 9.90 Å². The number of rotatable bonds is 10. The Kier molecular flexibility index (Phi) is 7.22. The van der Waals surface area contributed by atoms with Crippen LogP contribution in [0.2, 0.25) is 0 Å². The second-order valence-corrected chi connectivity index (χ2v) is 7.70. The fourth-order valence-electron chi connectivity index (χ4n) is 3.50. The number of carbonyl (C=O) groups excluding carboxylic acids is 1. The number of carbonyl (C=O) groups is 1. The van der Waals surface area contributed by atoms with Gasteiger partial charge in [0, 0.05) is 43.0 Å². The van der Waals surface area contributed by atoms with Crippen LogP contribution in [0, 0.1) is 0 Å². The van der Waals surface area contributed by atoms with Crippen LogP contribution < -0.4 is 10.6 Å². The molecule has 164 valence electrons. The third kappa shape index (κ3) is 6.00. The summed E-state index contributed by atoms with van der Waals surface area (Å²) in [6.07, 6.45) is 4.56. The number of aromatic amines is 1. The van der Waals surface area contributed by atoms with Gasteiger partial charge in [-0.2, -0.15) is 0 Å². The number of aliphatic hydroxyl groups is 1. The van der Waals surface area contributed by atoms with Crippen molar-refractivity contribution in [2.24, 2.45) is 0 Å². The highest BCUT2D eigenvalue weighted by atomic mass is 16.3.